The number of ether oxygens (including phenoxy) is 2. The Balaban J connectivity index is 1.97. The van der Waals surface area contributed by atoms with Crippen molar-refractivity contribution in [3.63, 3.8) is 0 Å². The first-order valence-electron chi connectivity index (χ1n) is 4.64. The summed E-state index contributed by atoms with van der Waals surface area (Å²) >= 11 is 0. The lowest BCUT2D eigenvalue weighted by Crippen LogP contribution is -2.36. The first-order chi connectivity index (χ1) is 6.25. The van der Waals surface area contributed by atoms with Crippen LogP contribution >= 0.6 is 0 Å². The highest BCUT2D eigenvalue weighted by atomic mass is 16.7. The van der Waals surface area contributed by atoms with Crippen LogP contribution < -0.4 is 0 Å². The second-order valence-corrected chi connectivity index (χ2v) is 3.57. The average Bonchev–Trinajstić information content (AvgIpc) is 2.53. The third-order valence-electron chi connectivity index (χ3n) is 2.57. The standard InChI is InChI=1S/C9H12O4/c10-7-5-8(11)13-9(12-7)6-3-1-2-4-6/h6,9H,1-5H2. The van der Waals surface area contributed by atoms with E-state index >= 15 is 0 Å². The molecule has 0 aromatic carbocycles. The fraction of sp³-hybridized carbons (Fsp3) is 0.778. The van der Waals surface area contributed by atoms with Crippen molar-refractivity contribution in [2.45, 2.75) is 38.4 Å². The zero-order valence-electron chi connectivity index (χ0n) is 7.32. The summed E-state index contributed by atoms with van der Waals surface area (Å²) in [6.45, 7) is 0. The van der Waals surface area contributed by atoms with Crippen molar-refractivity contribution in [1.82, 2.24) is 0 Å². The molecular formula is C9H12O4. The van der Waals surface area contributed by atoms with Gasteiger partial charge in [0.15, 0.2) is 0 Å². The van der Waals surface area contributed by atoms with Gasteiger partial charge >= 0.3 is 11.9 Å². The molecule has 0 atom stereocenters. The molecule has 0 unspecified atom stereocenters. The highest BCUT2D eigenvalue weighted by Crippen LogP contribution is 2.31. The second-order valence-electron chi connectivity index (χ2n) is 3.57. The largest absolute Gasteiger partial charge is 0.424 e. The van der Waals surface area contributed by atoms with E-state index in [0.29, 0.717) is 0 Å². The van der Waals surface area contributed by atoms with Crippen LogP contribution in [0.4, 0.5) is 0 Å². The van der Waals surface area contributed by atoms with Crippen LogP contribution in [0.15, 0.2) is 0 Å². The summed E-state index contributed by atoms with van der Waals surface area (Å²) in [5.41, 5.74) is 0. The lowest BCUT2D eigenvalue weighted by Gasteiger charge is -2.26. The molecule has 1 saturated carbocycles. The highest BCUT2D eigenvalue weighted by molar-refractivity contribution is 5.92. The van der Waals surface area contributed by atoms with Gasteiger partial charge in [0.25, 0.3) is 0 Å². The van der Waals surface area contributed by atoms with E-state index in [-0.39, 0.29) is 12.3 Å². The summed E-state index contributed by atoms with van der Waals surface area (Å²) in [4.78, 5) is 21.8. The Hall–Kier alpha value is -1.06. The molecule has 0 aromatic rings. The lowest BCUT2D eigenvalue weighted by molar-refractivity contribution is -0.212. The highest BCUT2D eigenvalue weighted by Gasteiger charge is 2.35. The van der Waals surface area contributed by atoms with Crippen molar-refractivity contribution in [2.75, 3.05) is 0 Å². The summed E-state index contributed by atoms with van der Waals surface area (Å²) in [6.07, 6.45) is 3.42. The lowest BCUT2D eigenvalue weighted by atomic mass is 10.1. The minimum Gasteiger partial charge on any atom is -0.424 e. The average molecular weight is 184 g/mol. The fourth-order valence-electron chi connectivity index (χ4n) is 1.91. The molecule has 72 valence electrons. The van der Waals surface area contributed by atoms with Gasteiger partial charge in [-0.05, 0) is 12.8 Å². The maximum Gasteiger partial charge on any atom is 0.320 e. The van der Waals surface area contributed by atoms with E-state index in [1.165, 1.54) is 0 Å². The van der Waals surface area contributed by atoms with Gasteiger partial charge < -0.3 is 9.47 Å². The summed E-state index contributed by atoms with van der Waals surface area (Å²) in [6, 6.07) is 0. The van der Waals surface area contributed by atoms with Gasteiger partial charge in [0.2, 0.25) is 6.29 Å². The molecule has 4 nitrogen and oxygen atoms in total. The van der Waals surface area contributed by atoms with Crippen LogP contribution in [0.5, 0.6) is 0 Å². The first kappa shape index (κ1) is 8.53. The number of carbonyl (C=O) groups excluding carboxylic acids is 2. The van der Waals surface area contributed by atoms with Crippen molar-refractivity contribution in [1.29, 1.82) is 0 Å². The normalized spacial score (nSPS) is 25.8. The predicted octanol–water partition coefficient (Wildman–Crippen LogP) is 0.993. The maximum atomic E-state index is 10.9. The molecule has 13 heavy (non-hydrogen) atoms. The van der Waals surface area contributed by atoms with Crippen molar-refractivity contribution in [2.24, 2.45) is 5.92 Å². The maximum absolute atomic E-state index is 10.9. The minimum atomic E-state index is -0.601. The van der Waals surface area contributed by atoms with E-state index in [1.807, 2.05) is 0 Å². The van der Waals surface area contributed by atoms with Crippen LogP contribution in [0, 0.1) is 5.92 Å². The Bertz CT molecular complexity index is 214. The van der Waals surface area contributed by atoms with Crippen LogP contribution in [0.2, 0.25) is 0 Å². The molecular weight excluding hydrogens is 172 g/mol. The smallest absolute Gasteiger partial charge is 0.320 e. The second kappa shape index (κ2) is 3.36. The van der Waals surface area contributed by atoms with Gasteiger partial charge in [-0.1, -0.05) is 12.8 Å². The van der Waals surface area contributed by atoms with Gasteiger partial charge in [0, 0.05) is 5.92 Å². The number of esters is 2. The molecule has 0 amide bonds. The molecule has 2 rings (SSSR count). The number of hydrogen-bond acceptors (Lipinski definition) is 4. The number of hydrogen-bond donors (Lipinski definition) is 0. The monoisotopic (exact) mass is 184 g/mol. The Morgan fingerprint density at radius 2 is 1.54 bits per heavy atom. The summed E-state index contributed by atoms with van der Waals surface area (Å²) in [5, 5.41) is 0. The molecule has 2 fully saturated rings. The topological polar surface area (TPSA) is 52.6 Å². The van der Waals surface area contributed by atoms with Gasteiger partial charge in [-0.2, -0.15) is 0 Å². The molecule has 0 N–H and O–H groups in total. The summed E-state index contributed by atoms with van der Waals surface area (Å²) in [5.74, 6) is -0.672. The van der Waals surface area contributed by atoms with Crippen LogP contribution in [0.1, 0.15) is 32.1 Å². The van der Waals surface area contributed by atoms with Gasteiger partial charge in [0.05, 0.1) is 0 Å². The third-order valence-corrected chi connectivity index (χ3v) is 2.57. The van der Waals surface area contributed by atoms with Crippen molar-refractivity contribution in [3.05, 3.63) is 0 Å². The van der Waals surface area contributed by atoms with Crippen molar-refractivity contribution in [3.8, 4) is 0 Å². The van der Waals surface area contributed by atoms with Crippen LogP contribution in [-0.2, 0) is 19.1 Å². The quantitative estimate of drug-likeness (QED) is 0.450. The Morgan fingerprint density at radius 3 is 2.08 bits per heavy atom. The molecule has 0 radical (unpaired) electrons. The molecule has 0 bridgehead atoms. The van der Waals surface area contributed by atoms with Crippen molar-refractivity contribution < 1.29 is 19.1 Å². The van der Waals surface area contributed by atoms with Crippen LogP contribution in [-0.4, -0.2) is 18.2 Å². The summed E-state index contributed by atoms with van der Waals surface area (Å²) < 4.78 is 9.92. The van der Waals surface area contributed by atoms with E-state index in [4.69, 9.17) is 9.47 Å². The van der Waals surface area contributed by atoms with Gasteiger partial charge in [-0.25, -0.2) is 0 Å². The molecule has 0 aromatic heterocycles. The molecule has 1 aliphatic heterocycles. The van der Waals surface area contributed by atoms with Gasteiger partial charge in [-0.3, -0.25) is 9.59 Å². The number of rotatable bonds is 1. The van der Waals surface area contributed by atoms with Crippen LogP contribution in [0.3, 0.4) is 0 Å². The predicted molar refractivity (Wildman–Crippen MR) is 42.5 cm³/mol. The van der Waals surface area contributed by atoms with E-state index < -0.39 is 18.2 Å². The Labute approximate surface area is 76.2 Å². The number of carbonyl (C=O) groups is 2. The zero-order chi connectivity index (χ0) is 9.26. The SMILES string of the molecule is O=C1CC(=O)OC(C2CCCC2)O1. The van der Waals surface area contributed by atoms with E-state index in [9.17, 15) is 9.59 Å². The van der Waals surface area contributed by atoms with E-state index in [1.54, 1.807) is 0 Å². The fourth-order valence-corrected chi connectivity index (χ4v) is 1.91. The summed E-state index contributed by atoms with van der Waals surface area (Å²) in [7, 11) is 0. The molecule has 2 aliphatic rings. The van der Waals surface area contributed by atoms with Crippen molar-refractivity contribution >= 4 is 11.9 Å². The number of cyclic esters (lactones) is 2. The molecule has 1 saturated heterocycles. The van der Waals surface area contributed by atoms with Gasteiger partial charge in [0.1, 0.15) is 6.42 Å². The minimum absolute atomic E-state index is 0.230. The van der Waals surface area contributed by atoms with Crippen LogP contribution in [0.25, 0.3) is 0 Å². The molecule has 1 aliphatic carbocycles. The zero-order valence-corrected chi connectivity index (χ0v) is 7.32. The van der Waals surface area contributed by atoms with E-state index in [0.717, 1.165) is 25.7 Å². The molecule has 4 heteroatoms. The molecule has 0 spiro atoms. The Kier molecular flexibility index (Phi) is 2.20. The Morgan fingerprint density at radius 1 is 1.00 bits per heavy atom. The first-order valence-corrected chi connectivity index (χ1v) is 4.64. The van der Waals surface area contributed by atoms with Gasteiger partial charge in [-0.15, -0.1) is 0 Å². The van der Waals surface area contributed by atoms with E-state index in [2.05, 4.69) is 0 Å². The molecule has 1 heterocycles. The third kappa shape index (κ3) is 1.82.